The molecule has 63 heavy (non-hydrogen) atoms. The second kappa shape index (κ2) is 15.2. The topological polar surface area (TPSA) is 125 Å². The van der Waals surface area contributed by atoms with Crippen LogP contribution in [0.15, 0.2) is 70.5 Å². The van der Waals surface area contributed by atoms with E-state index >= 15 is 4.79 Å². The van der Waals surface area contributed by atoms with Crippen LogP contribution in [-0.4, -0.2) is 90.3 Å². The molecule has 13 atom stereocenters. The van der Waals surface area contributed by atoms with Crippen molar-refractivity contribution < 1.29 is 34.2 Å². The van der Waals surface area contributed by atoms with Gasteiger partial charge in [0, 0.05) is 61.0 Å². The summed E-state index contributed by atoms with van der Waals surface area (Å²) in [5.41, 5.74) is 5.01. The van der Waals surface area contributed by atoms with Crippen molar-refractivity contribution in [1.29, 1.82) is 0 Å². The van der Waals surface area contributed by atoms with Gasteiger partial charge in [0.1, 0.15) is 23.8 Å². The Bertz CT molecular complexity index is 2230. The lowest BCUT2D eigenvalue weighted by molar-refractivity contribution is -0.856. The van der Waals surface area contributed by atoms with Crippen molar-refractivity contribution in [3.05, 3.63) is 82.2 Å². The molecular formula is C54H74N3O6+. The van der Waals surface area contributed by atoms with Crippen molar-refractivity contribution in [2.75, 3.05) is 33.4 Å². The lowest BCUT2D eigenvalue weighted by Crippen LogP contribution is -3.11. The second-order valence-electron chi connectivity index (χ2n) is 23.1. The number of Topliss-reactive ketones (excluding diaryl/α,β-unsaturated/α-hetero) is 2. The van der Waals surface area contributed by atoms with Crippen molar-refractivity contribution >= 4 is 17.3 Å². The number of benzene rings is 1. The highest BCUT2D eigenvalue weighted by Gasteiger charge is 2.77. The fourth-order valence-electron chi connectivity index (χ4n) is 16.4. The Morgan fingerprint density at radius 1 is 1.05 bits per heavy atom. The fourth-order valence-corrected chi connectivity index (χ4v) is 16.4. The van der Waals surface area contributed by atoms with E-state index in [0.29, 0.717) is 43.9 Å². The molecule has 2 bridgehead atoms. The second-order valence-corrected chi connectivity index (χ2v) is 23.1. The van der Waals surface area contributed by atoms with E-state index in [1.54, 1.807) is 0 Å². The van der Waals surface area contributed by atoms with Gasteiger partial charge in [0.15, 0.2) is 11.8 Å². The summed E-state index contributed by atoms with van der Waals surface area (Å²) in [4.78, 5) is 35.6. The zero-order valence-electron chi connectivity index (χ0n) is 39.3. The first kappa shape index (κ1) is 43.8. The van der Waals surface area contributed by atoms with E-state index < -0.39 is 27.9 Å². The van der Waals surface area contributed by atoms with Crippen LogP contribution >= 0.6 is 0 Å². The molecular weight excluding hydrogens is 787 g/mol. The lowest BCUT2D eigenvalue weighted by atomic mass is 9.32. The summed E-state index contributed by atoms with van der Waals surface area (Å²) in [6.07, 6.45) is 18.4. The molecule has 4 heterocycles. The van der Waals surface area contributed by atoms with E-state index in [9.17, 15) is 15.0 Å². The molecule has 340 valence electrons. The molecule has 10 aliphatic rings. The molecule has 0 aromatic heterocycles. The number of carbonyl (C=O) groups excluding carboxylic acids is 2. The number of ketones is 2. The van der Waals surface area contributed by atoms with Crippen LogP contribution in [0, 0.1) is 52.3 Å². The number of fused-ring (bicyclic) bond motifs is 3. The molecule has 13 unspecified atom stereocenters. The van der Waals surface area contributed by atoms with E-state index in [0.717, 1.165) is 81.6 Å². The number of ether oxygens (including phenoxy) is 2. The number of quaternary nitrogens is 1. The number of hydrogen-bond donors (Lipinski definition) is 4. The summed E-state index contributed by atoms with van der Waals surface area (Å²) in [7, 11) is 1.97. The van der Waals surface area contributed by atoms with Crippen LogP contribution in [-0.2, 0) is 25.5 Å². The maximum Gasteiger partial charge on any atom is 0.160 e. The fraction of sp³-hybridized carbons (Fsp3) is 0.685. The van der Waals surface area contributed by atoms with Crippen LogP contribution in [0.25, 0.3) is 0 Å². The summed E-state index contributed by atoms with van der Waals surface area (Å²) in [6.45, 7) is 18.5. The minimum atomic E-state index is -1.27. The first-order valence-electron chi connectivity index (χ1n) is 24.6. The number of rotatable bonds is 12. The highest BCUT2D eigenvalue weighted by molar-refractivity contribution is 6.07. The minimum absolute atomic E-state index is 0.0259. The first-order chi connectivity index (χ1) is 29.9. The van der Waals surface area contributed by atoms with Gasteiger partial charge in [-0.15, -0.1) is 0 Å². The van der Waals surface area contributed by atoms with Crippen LogP contribution in [0.2, 0.25) is 0 Å². The first-order valence-corrected chi connectivity index (χ1v) is 24.6. The van der Waals surface area contributed by atoms with Crippen molar-refractivity contribution in [1.82, 2.24) is 5.32 Å². The quantitative estimate of drug-likeness (QED) is 0.136. The average Bonchev–Trinajstić information content (AvgIpc) is 3.48. The van der Waals surface area contributed by atoms with Gasteiger partial charge in [-0.25, -0.2) is 0 Å². The van der Waals surface area contributed by atoms with E-state index in [-0.39, 0.29) is 52.6 Å². The summed E-state index contributed by atoms with van der Waals surface area (Å²) in [5.74, 6) is 0.476. The van der Waals surface area contributed by atoms with Gasteiger partial charge in [-0.3, -0.25) is 19.5 Å². The van der Waals surface area contributed by atoms with Gasteiger partial charge in [0.25, 0.3) is 0 Å². The highest BCUT2D eigenvalue weighted by Crippen LogP contribution is 2.79. The summed E-state index contributed by atoms with van der Waals surface area (Å²) in [5, 5.41) is 29.2. The normalized spacial score (nSPS) is 42.1. The Hall–Kier alpha value is -3.05. The van der Waals surface area contributed by atoms with Gasteiger partial charge in [-0.2, -0.15) is 0 Å². The average molecular weight is 861 g/mol. The van der Waals surface area contributed by atoms with Crippen LogP contribution in [0.5, 0.6) is 0 Å². The Kier molecular flexibility index (Phi) is 10.6. The third-order valence-electron chi connectivity index (χ3n) is 19.2. The third-order valence-corrected chi connectivity index (χ3v) is 19.2. The molecule has 2 saturated heterocycles. The van der Waals surface area contributed by atoms with Crippen molar-refractivity contribution in [3.63, 3.8) is 0 Å². The maximum absolute atomic E-state index is 15.1. The van der Waals surface area contributed by atoms with Crippen LogP contribution < -0.4 is 10.2 Å². The molecule has 1 spiro atoms. The number of aliphatic hydroxyl groups is 2. The third kappa shape index (κ3) is 6.54. The number of aryl methyl sites for hydroxylation is 1. The van der Waals surface area contributed by atoms with Crippen LogP contribution in [0.3, 0.4) is 0 Å². The minimum Gasteiger partial charge on any atom is -0.390 e. The number of nitrogens with zero attached hydrogens (tertiary/aromatic N) is 1. The Labute approximate surface area is 375 Å². The standard InChI is InChI=1S/C54H73N3O6/c1-32-24-34(27-36(25-32)35-13-22-62-23-14-35)28-37-30-57(39-12-20-56-46(37)39)31-38-45-44(33(2)26-40(58)47-49(3,4)63-47)41(59)29-53(45)15-9-16-54(38,61)48-51(6)17-11-43(60)50(5,19-21-55-8)42(51)10-18-52(48,53)7/h9,12,16,20,24-25,27,30,33,35,38-40,42,47-48,55,58,61H,10-11,13-15,17-19,21-23,26,28-29,31H2,1-8H3/p+1. The summed E-state index contributed by atoms with van der Waals surface area (Å²) in [6, 6.07) is 7.11. The molecule has 3 saturated carbocycles. The molecule has 6 aliphatic carbocycles. The molecule has 11 rings (SSSR count). The number of aliphatic imine (C=N–C) groups is 1. The molecule has 0 radical (unpaired) electrons. The summed E-state index contributed by atoms with van der Waals surface area (Å²) >= 11 is 0. The molecule has 0 amide bonds. The van der Waals surface area contributed by atoms with Gasteiger partial charge in [-0.05, 0) is 143 Å². The number of carbonyl (C=O) groups is 2. The predicted octanol–water partition coefficient (Wildman–Crippen LogP) is 6.71. The number of nitrogens with one attached hydrogen (secondary N) is 2. The van der Waals surface area contributed by atoms with Crippen LogP contribution in [0.4, 0.5) is 0 Å². The number of allylic oxidation sites excluding steroid dienone is 2. The van der Waals surface area contributed by atoms with Crippen LogP contribution in [0.1, 0.15) is 128 Å². The molecule has 4 N–H and O–H groups in total. The predicted molar refractivity (Wildman–Crippen MR) is 245 cm³/mol. The van der Waals surface area contributed by atoms with E-state index in [1.807, 2.05) is 27.1 Å². The van der Waals surface area contributed by atoms with E-state index in [2.05, 4.69) is 82.6 Å². The zero-order chi connectivity index (χ0) is 44.5. The molecule has 4 aliphatic heterocycles. The highest BCUT2D eigenvalue weighted by atomic mass is 16.6. The molecule has 5 fully saturated rings. The van der Waals surface area contributed by atoms with Crippen molar-refractivity contribution in [3.8, 4) is 0 Å². The number of hydrogen-bond acceptors (Lipinski definition) is 8. The van der Waals surface area contributed by atoms with Gasteiger partial charge in [-0.1, -0.05) is 63.6 Å². The molecule has 1 aromatic carbocycles. The Balaban J connectivity index is 1.08. The maximum atomic E-state index is 15.1. The van der Waals surface area contributed by atoms with E-state index in [4.69, 9.17) is 14.5 Å². The molecule has 9 heteroatoms. The Morgan fingerprint density at radius 3 is 2.54 bits per heavy atom. The van der Waals surface area contributed by atoms with E-state index in [1.165, 1.54) is 27.2 Å². The number of epoxide rings is 1. The van der Waals surface area contributed by atoms with Gasteiger partial charge < -0.3 is 25.0 Å². The SMILES string of the molecule is CNCCC1(C)C(=O)CCC2(C)C1CCC1(C)C2C2(O)C=CCC13CC(=O)C(C(C)CC(O)C1OC1(C)C)=C3C2C[NH+]1C=C(Cc2cc(C)cc(C3CCOCC3)c2)C2=NC=CC21. The van der Waals surface area contributed by atoms with Gasteiger partial charge in [0.05, 0.1) is 29.8 Å². The van der Waals surface area contributed by atoms with Gasteiger partial charge >= 0.3 is 0 Å². The van der Waals surface area contributed by atoms with Crippen molar-refractivity contribution in [2.45, 2.75) is 154 Å². The van der Waals surface area contributed by atoms with Crippen molar-refractivity contribution in [2.24, 2.45) is 50.3 Å². The lowest BCUT2D eigenvalue weighted by Gasteiger charge is -2.72. The largest absolute Gasteiger partial charge is 0.390 e. The zero-order valence-corrected chi connectivity index (χ0v) is 39.3. The molecule has 9 nitrogen and oxygen atoms in total. The monoisotopic (exact) mass is 861 g/mol. The molecule has 1 aromatic rings. The Morgan fingerprint density at radius 2 is 1.81 bits per heavy atom. The number of aliphatic hydroxyl groups excluding tert-OH is 1. The smallest absolute Gasteiger partial charge is 0.160 e. The summed E-state index contributed by atoms with van der Waals surface area (Å²) < 4.78 is 11.6. The van der Waals surface area contributed by atoms with Gasteiger partial charge in [0.2, 0.25) is 0 Å².